The van der Waals surface area contributed by atoms with Gasteiger partial charge in [0.1, 0.15) is 0 Å². The Morgan fingerprint density at radius 2 is 1.76 bits per heavy atom. The highest BCUT2D eigenvalue weighted by Crippen LogP contribution is 2.26. The minimum absolute atomic E-state index is 0.282. The lowest BCUT2D eigenvalue weighted by Gasteiger charge is -2.23. The SMILES string of the molecule is CCOC(=O)/C=C(\C)[C@@H](C)N1C(=O)c2ccccc2C1=O. The Hall–Kier alpha value is -2.43. The van der Waals surface area contributed by atoms with E-state index in [1.165, 1.54) is 11.0 Å². The number of benzene rings is 1. The second-order valence-electron chi connectivity index (χ2n) is 4.84. The van der Waals surface area contributed by atoms with Gasteiger partial charge in [-0.3, -0.25) is 14.5 Å². The van der Waals surface area contributed by atoms with Gasteiger partial charge >= 0.3 is 5.97 Å². The monoisotopic (exact) mass is 287 g/mol. The summed E-state index contributed by atoms with van der Waals surface area (Å²) in [6.07, 6.45) is 1.32. The molecule has 1 aromatic carbocycles. The van der Waals surface area contributed by atoms with E-state index < -0.39 is 12.0 Å². The first-order valence-electron chi connectivity index (χ1n) is 6.79. The predicted molar refractivity (Wildman–Crippen MR) is 76.8 cm³/mol. The Labute approximate surface area is 123 Å². The molecule has 21 heavy (non-hydrogen) atoms. The molecule has 0 bridgehead atoms. The van der Waals surface area contributed by atoms with Crippen molar-refractivity contribution >= 4 is 17.8 Å². The minimum atomic E-state index is -0.498. The number of imide groups is 1. The van der Waals surface area contributed by atoms with Crippen LogP contribution in [0.15, 0.2) is 35.9 Å². The first-order chi connectivity index (χ1) is 9.97. The van der Waals surface area contributed by atoms with E-state index >= 15 is 0 Å². The van der Waals surface area contributed by atoms with Gasteiger partial charge in [-0.1, -0.05) is 12.1 Å². The topological polar surface area (TPSA) is 63.7 Å². The Balaban J connectivity index is 2.26. The molecule has 0 spiro atoms. The number of esters is 1. The van der Waals surface area contributed by atoms with Gasteiger partial charge in [-0.15, -0.1) is 0 Å². The van der Waals surface area contributed by atoms with E-state index in [0.29, 0.717) is 16.7 Å². The zero-order valence-electron chi connectivity index (χ0n) is 12.3. The smallest absolute Gasteiger partial charge is 0.330 e. The van der Waals surface area contributed by atoms with Crippen LogP contribution in [-0.4, -0.2) is 35.3 Å². The van der Waals surface area contributed by atoms with Crippen LogP contribution in [0.1, 0.15) is 41.5 Å². The summed E-state index contributed by atoms with van der Waals surface area (Å²) in [5.41, 5.74) is 1.40. The van der Waals surface area contributed by atoms with E-state index in [2.05, 4.69) is 0 Å². The van der Waals surface area contributed by atoms with Crippen molar-refractivity contribution in [2.24, 2.45) is 0 Å². The molecule has 2 rings (SSSR count). The number of hydrogen-bond donors (Lipinski definition) is 0. The molecule has 0 radical (unpaired) electrons. The van der Waals surface area contributed by atoms with Gasteiger partial charge in [-0.25, -0.2) is 4.79 Å². The number of carbonyl (C=O) groups excluding carboxylic acids is 3. The lowest BCUT2D eigenvalue weighted by atomic mass is 10.1. The van der Waals surface area contributed by atoms with E-state index in [0.717, 1.165) is 0 Å². The summed E-state index contributed by atoms with van der Waals surface area (Å²) in [7, 11) is 0. The van der Waals surface area contributed by atoms with Crippen molar-refractivity contribution in [1.29, 1.82) is 0 Å². The fourth-order valence-electron chi connectivity index (χ4n) is 2.25. The normalized spacial score (nSPS) is 16.0. The number of carbonyl (C=O) groups is 3. The third-order valence-electron chi connectivity index (χ3n) is 3.50. The van der Waals surface area contributed by atoms with Crippen molar-refractivity contribution in [3.05, 3.63) is 47.0 Å². The highest BCUT2D eigenvalue weighted by molar-refractivity contribution is 6.21. The average Bonchev–Trinajstić information content (AvgIpc) is 2.71. The summed E-state index contributed by atoms with van der Waals surface area (Å²) in [6.45, 7) is 5.41. The van der Waals surface area contributed by atoms with Crippen LogP contribution in [0.25, 0.3) is 0 Å². The molecule has 0 saturated carbocycles. The Bertz CT molecular complexity index is 598. The van der Waals surface area contributed by atoms with E-state index in [9.17, 15) is 14.4 Å². The average molecular weight is 287 g/mol. The van der Waals surface area contributed by atoms with Crippen molar-refractivity contribution < 1.29 is 19.1 Å². The first kappa shape index (κ1) is 15.0. The third-order valence-corrected chi connectivity index (χ3v) is 3.50. The van der Waals surface area contributed by atoms with Gasteiger partial charge in [0.2, 0.25) is 0 Å². The summed E-state index contributed by atoms with van der Waals surface area (Å²) in [4.78, 5) is 37.3. The molecule has 1 aromatic rings. The number of fused-ring (bicyclic) bond motifs is 1. The standard InChI is InChI=1S/C16H17NO4/c1-4-21-14(18)9-10(2)11(3)17-15(19)12-7-5-6-8-13(12)16(17)20/h5-9,11H,4H2,1-3H3/b10-9+/t11-/m1/s1. The van der Waals surface area contributed by atoms with Crippen molar-refractivity contribution in [2.75, 3.05) is 6.61 Å². The minimum Gasteiger partial charge on any atom is -0.463 e. The maximum absolute atomic E-state index is 12.3. The fourth-order valence-corrected chi connectivity index (χ4v) is 2.25. The van der Waals surface area contributed by atoms with Crippen LogP contribution in [0, 0.1) is 0 Å². The Morgan fingerprint density at radius 3 is 2.24 bits per heavy atom. The van der Waals surface area contributed by atoms with Crippen LogP contribution >= 0.6 is 0 Å². The van der Waals surface area contributed by atoms with Crippen LogP contribution in [0.3, 0.4) is 0 Å². The van der Waals surface area contributed by atoms with Crippen LogP contribution in [0.4, 0.5) is 0 Å². The summed E-state index contributed by atoms with van der Waals surface area (Å²) in [5, 5.41) is 0. The highest BCUT2D eigenvalue weighted by Gasteiger charge is 2.38. The molecule has 2 amide bonds. The molecule has 0 N–H and O–H groups in total. The zero-order valence-corrected chi connectivity index (χ0v) is 12.3. The molecule has 1 heterocycles. The van der Waals surface area contributed by atoms with Crippen molar-refractivity contribution in [3.8, 4) is 0 Å². The third kappa shape index (κ3) is 2.72. The maximum Gasteiger partial charge on any atom is 0.330 e. The van der Waals surface area contributed by atoms with Gasteiger partial charge < -0.3 is 4.74 Å². The fraction of sp³-hybridized carbons (Fsp3) is 0.312. The first-order valence-corrected chi connectivity index (χ1v) is 6.79. The second-order valence-corrected chi connectivity index (χ2v) is 4.84. The number of hydrogen-bond acceptors (Lipinski definition) is 4. The van der Waals surface area contributed by atoms with Gasteiger partial charge in [0.05, 0.1) is 23.8 Å². The maximum atomic E-state index is 12.3. The van der Waals surface area contributed by atoms with Crippen molar-refractivity contribution in [1.82, 2.24) is 4.90 Å². The van der Waals surface area contributed by atoms with Crippen LogP contribution in [-0.2, 0) is 9.53 Å². The predicted octanol–water partition coefficient (Wildman–Crippen LogP) is 2.18. The molecular weight excluding hydrogens is 270 g/mol. The Morgan fingerprint density at radius 1 is 1.24 bits per heavy atom. The zero-order chi connectivity index (χ0) is 15.6. The molecule has 1 aliphatic rings. The van der Waals surface area contributed by atoms with Crippen molar-refractivity contribution in [2.45, 2.75) is 26.8 Å². The van der Waals surface area contributed by atoms with E-state index in [1.54, 1.807) is 45.0 Å². The molecule has 0 aromatic heterocycles. The summed E-state index contributed by atoms with van der Waals surface area (Å²) < 4.78 is 4.84. The quantitative estimate of drug-likeness (QED) is 0.484. The van der Waals surface area contributed by atoms with Gasteiger partial charge in [0, 0.05) is 6.08 Å². The van der Waals surface area contributed by atoms with Gasteiger partial charge in [-0.2, -0.15) is 0 Å². The molecule has 110 valence electrons. The molecule has 0 saturated heterocycles. The van der Waals surface area contributed by atoms with E-state index in [-0.39, 0.29) is 18.4 Å². The van der Waals surface area contributed by atoms with Crippen molar-refractivity contribution in [3.63, 3.8) is 0 Å². The largest absolute Gasteiger partial charge is 0.463 e. The lowest BCUT2D eigenvalue weighted by molar-refractivity contribution is -0.137. The molecular formula is C16H17NO4. The van der Waals surface area contributed by atoms with Gasteiger partial charge in [0.25, 0.3) is 11.8 Å². The lowest BCUT2D eigenvalue weighted by Crippen LogP contribution is -2.38. The van der Waals surface area contributed by atoms with Gasteiger partial charge in [0.15, 0.2) is 0 Å². The molecule has 1 aliphatic heterocycles. The second kappa shape index (κ2) is 5.91. The summed E-state index contributed by atoms with van der Waals surface area (Å²) in [5.74, 6) is -1.14. The summed E-state index contributed by atoms with van der Waals surface area (Å²) >= 11 is 0. The van der Waals surface area contributed by atoms with Gasteiger partial charge in [-0.05, 0) is 38.5 Å². The number of rotatable bonds is 4. The summed E-state index contributed by atoms with van der Waals surface area (Å²) in [6, 6.07) is 6.21. The van der Waals surface area contributed by atoms with Crippen LogP contribution in [0.5, 0.6) is 0 Å². The molecule has 0 fully saturated rings. The molecule has 5 nitrogen and oxygen atoms in total. The Kier molecular flexibility index (Phi) is 4.21. The number of ether oxygens (including phenoxy) is 1. The van der Waals surface area contributed by atoms with Crippen LogP contribution < -0.4 is 0 Å². The highest BCUT2D eigenvalue weighted by atomic mass is 16.5. The molecule has 0 unspecified atom stereocenters. The van der Waals surface area contributed by atoms with Crippen LogP contribution in [0.2, 0.25) is 0 Å². The molecule has 5 heteroatoms. The number of amides is 2. The van der Waals surface area contributed by atoms with E-state index in [4.69, 9.17) is 4.74 Å². The number of nitrogens with zero attached hydrogens (tertiary/aromatic N) is 1. The van der Waals surface area contributed by atoms with E-state index in [1.807, 2.05) is 0 Å². The molecule has 0 aliphatic carbocycles. The molecule has 1 atom stereocenters.